The summed E-state index contributed by atoms with van der Waals surface area (Å²) in [6.07, 6.45) is 3.38. The zero-order chi connectivity index (χ0) is 23.2. The second kappa shape index (κ2) is 10.2. The van der Waals surface area contributed by atoms with Gasteiger partial charge >= 0.3 is 0 Å². The molecule has 0 radical (unpaired) electrons. The maximum Gasteiger partial charge on any atom is 0.246 e. The molecule has 1 amide bonds. The van der Waals surface area contributed by atoms with Gasteiger partial charge in [0.1, 0.15) is 23.1 Å². The Hall–Kier alpha value is -3.87. The summed E-state index contributed by atoms with van der Waals surface area (Å²) in [6, 6.07) is 17.6. The van der Waals surface area contributed by atoms with Crippen molar-refractivity contribution in [2.75, 3.05) is 45.3 Å². The second-order valence-corrected chi connectivity index (χ2v) is 7.78. The Morgan fingerprint density at radius 2 is 1.70 bits per heavy atom. The Balaban J connectivity index is 1.41. The lowest BCUT2D eigenvalue weighted by Gasteiger charge is -2.35. The number of aromatic nitrogens is 2. The van der Waals surface area contributed by atoms with Crippen LogP contribution in [0.3, 0.4) is 0 Å². The molecule has 2 aromatic carbocycles. The molecule has 0 spiro atoms. The van der Waals surface area contributed by atoms with E-state index in [-0.39, 0.29) is 5.91 Å². The number of benzene rings is 2. The van der Waals surface area contributed by atoms with Gasteiger partial charge < -0.3 is 19.3 Å². The molecule has 1 saturated heterocycles. The van der Waals surface area contributed by atoms with E-state index < -0.39 is 0 Å². The van der Waals surface area contributed by atoms with Gasteiger partial charge in [-0.05, 0) is 25.1 Å². The summed E-state index contributed by atoms with van der Waals surface area (Å²) in [4.78, 5) is 26.1. The summed E-state index contributed by atoms with van der Waals surface area (Å²) in [7, 11) is 3.21. The number of hydrogen-bond donors (Lipinski definition) is 0. The number of amides is 1. The number of carbonyl (C=O) groups is 1. The van der Waals surface area contributed by atoms with Gasteiger partial charge in [-0.15, -0.1) is 0 Å². The molecule has 1 aromatic heterocycles. The number of nitrogens with zero attached hydrogens (tertiary/aromatic N) is 4. The number of anilines is 1. The van der Waals surface area contributed by atoms with E-state index in [1.165, 1.54) is 0 Å². The third kappa shape index (κ3) is 5.31. The number of ether oxygens (including phenoxy) is 2. The van der Waals surface area contributed by atoms with Crippen LogP contribution in [0.1, 0.15) is 11.4 Å². The summed E-state index contributed by atoms with van der Waals surface area (Å²) >= 11 is 0. The van der Waals surface area contributed by atoms with Gasteiger partial charge in [-0.1, -0.05) is 30.3 Å². The smallest absolute Gasteiger partial charge is 0.246 e. The first-order valence-electron chi connectivity index (χ1n) is 10.9. The van der Waals surface area contributed by atoms with Crippen LogP contribution in [0.25, 0.3) is 17.3 Å². The predicted molar refractivity (Wildman–Crippen MR) is 130 cm³/mol. The molecule has 2 heterocycles. The summed E-state index contributed by atoms with van der Waals surface area (Å²) in [6.45, 7) is 4.61. The number of rotatable bonds is 6. The van der Waals surface area contributed by atoms with Crippen molar-refractivity contribution >= 4 is 17.8 Å². The Bertz CT molecular complexity index is 1140. The molecule has 1 aliphatic heterocycles. The van der Waals surface area contributed by atoms with Crippen LogP contribution < -0.4 is 14.4 Å². The van der Waals surface area contributed by atoms with Gasteiger partial charge in [0.2, 0.25) is 5.91 Å². The SMILES string of the molecule is COc1ccc(/C=C/C(=O)N2CCN(c3cc(-c4ccccc4)nc(C)n3)CC2)c(OC)c1. The monoisotopic (exact) mass is 444 g/mol. The quantitative estimate of drug-likeness (QED) is 0.539. The van der Waals surface area contributed by atoms with Crippen molar-refractivity contribution < 1.29 is 14.3 Å². The molecule has 3 aromatic rings. The lowest BCUT2D eigenvalue weighted by molar-refractivity contribution is -0.126. The highest BCUT2D eigenvalue weighted by Gasteiger charge is 2.21. The van der Waals surface area contributed by atoms with Crippen molar-refractivity contribution in [2.24, 2.45) is 0 Å². The van der Waals surface area contributed by atoms with Crippen LogP contribution in [0.2, 0.25) is 0 Å². The topological polar surface area (TPSA) is 67.8 Å². The minimum Gasteiger partial charge on any atom is -0.497 e. The van der Waals surface area contributed by atoms with Crippen molar-refractivity contribution in [3.63, 3.8) is 0 Å². The normalized spacial score (nSPS) is 13.9. The van der Waals surface area contributed by atoms with Gasteiger partial charge in [0.05, 0.1) is 19.9 Å². The summed E-state index contributed by atoms with van der Waals surface area (Å²) in [5.41, 5.74) is 2.81. The molecule has 0 saturated carbocycles. The third-order valence-corrected chi connectivity index (χ3v) is 5.66. The van der Waals surface area contributed by atoms with Gasteiger partial charge in [-0.2, -0.15) is 0 Å². The molecule has 0 unspecified atom stereocenters. The van der Waals surface area contributed by atoms with Crippen LogP contribution in [-0.4, -0.2) is 61.2 Å². The van der Waals surface area contributed by atoms with Crippen LogP contribution in [0.15, 0.2) is 60.7 Å². The van der Waals surface area contributed by atoms with Crippen molar-refractivity contribution in [3.8, 4) is 22.8 Å². The molecule has 170 valence electrons. The van der Waals surface area contributed by atoms with E-state index in [1.807, 2.05) is 60.4 Å². The Kier molecular flexibility index (Phi) is 6.88. The lowest BCUT2D eigenvalue weighted by Crippen LogP contribution is -2.48. The van der Waals surface area contributed by atoms with Crippen molar-refractivity contribution in [2.45, 2.75) is 6.92 Å². The number of piperazine rings is 1. The van der Waals surface area contributed by atoms with Crippen LogP contribution in [0.5, 0.6) is 11.5 Å². The van der Waals surface area contributed by atoms with Crippen LogP contribution in [0, 0.1) is 6.92 Å². The first kappa shape index (κ1) is 22.3. The molecule has 33 heavy (non-hydrogen) atoms. The summed E-state index contributed by atoms with van der Waals surface area (Å²) in [5.74, 6) is 2.99. The second-order valence-electron chi connectivity index (χ2n) is 7.78. The fraction of sp³-hybridized carbons (Fsp3) is 0.269. The minimum atomic E-state index is -0.0173. The van der Waals surface area contributed by atoms with Crippen molar-refractivity contribution in [3.05, 3.63) is 72.1 Å². The van der Waals surface area contributed by atoms with Crippen molar-refractivity contribution in [1.29, 1.82) is 0 Å². The highest BCUT2D eigenvalue weighted by molar-refractivity contribution is 5.92. The lowest BCUT2D eigenvalue weighted by atomic mass is 10.1. The Labute approximate surface area is 194 Å². The van der Waals surface area contributed by atoms with Gasteiger partial charge in [0.25, 0.3) is 0 Å². The number of methoxy groups -OCH3 is 2. The zero-order valence-corrected chi connectivity index (χ0v) is 19.2. The van der Waals surface area contributed by atoms with Gasteiger partial charge in [-0.3, -0.25) is 4.79 Å². The zero-order valence-electron chi connectivity index (χ0n) is 19.2. The first-order valence-corrected chi connectivity index (χ1v) is 10.9. The number of hydrogen-bond acceptors (Lipinski definition) is 6. The maximum atomic E-state index is 12.8. The van der Waals surface area contributed by atoms with Gasteiger partial charge in [0, 0.05) is 55.5 Å². The molecule has 7 nitrogen and oxygen atoms in total. The van der Waals surface area contributed by atoms with Gasteiger partial charge in [0.15, 0.2) is 0 Å². The molecule has 1 fully saturated rings. The van der Waals surface area contributed by atoms with E-state index in [4.69, 9.17) is 9.47 Å². The summed E-state index contributed by atoms with van der Waals surface area (Å²) in [5, 5.41) is 0. The van der Waals surface area contributed by atoms with Crippen LogP contribution in [-0.2, 0) is 4.79 Å². The average Bonchev–Trinajstić information content (AvgIpc) is 2.87. The molecule has 0 N–H and O–H groups in total. The van der Waals surface area contributed by atoms with E-state index in [2.05, 4.69) is 14.9 Å². The predicted octanol–water partition coefficient (Wildman–Crippen LogP) is 3.83. The third-order valence-electron chi connectivity index (χ3n) is 5.66. The molecule has 0 atom stereocenters. The number of carbonyl (C=O) groups excluding carboxylic acids is 1. The largest absolute Gasteiger partial charge is 0.497 e. The fourth-order valence-electron chi connectivity index (χ4n) is 3.85. The standard InChI is InChI=1S/C26H28N4O3/c1-19-27-23(20-7-5-4-6-8-20)18-25(28-19)29-13-15-30(16-14-29)26(31)12-10-21-9-11-22(32-2)17-24(21)33-3/h4-12,17-18H,13-16H2,1-3H3/b12-10+. The molecule has 0 bridgehead atoms. The minimum absolute atomic E-state index is 0.0173. The van der Waals surface area contributed by atoms with E-state index in [0.29, 0.717) is 24.6 Å². The first-order chi connectivity index (χ1) is 16.1. The highest BCUT2D eigenvalue weighted by atomic mass is 16.5. The average molecular weight is 445 g/mol. The van der Waals surface area contributed by atoms with E-state index in [9.17, 15) is 4.79 Å². The number of aryl methyl sites for hydroxylation is 1. The molecular weight excluding hydrogens is 416 g/mol. The molecule has 7 heteroatoms. The maximum absolute atomic E-state index is 12.8. The Morgan fingerprint density at radius 1 is 0.939 bits per heavy atom. The van der Waals surface area contributed by atoms with Crippen LogP contribution >= 0.6 is 0 Å². The molecular formula is C26H28N4O3. The van der Waals surface area contributed by atoms with E-state index in [1.54, 1.807) is 32.4 Å². The molecule has 1 aliphatic rings. The van der Waals surface area contributed by atoms with E-state index in [0.717, 1.165) is 41.6 Å². The fourth-order valence-corrected chi connectivity index (χ4v) is 3.85. The van der Waals surface area contributed by atoms with Crippen LogP contribution in [0.4, 0.5) is 5.82 Å². The summed E-state index contributed by atoms with van der Waals surface area (Å²) < 4.78 is 10.6. The van der Waals surface area contributed by atoms with Crippen molar-refractivity contribution in [1.82, 2.24) is 14.9 Å². The molecule has 0 aliphatic carbocycles. The Morgan fingerprint density at radius 3 is 2.39 bits per heavy atom. The van der Waals surface area contributed by atoms with E-state index >= 15 is 0 Å². The molecule has 4 rings (SSSR count). The van der Waals surface area contributed by atoms with Gasteiger partial charge in [-0.25, -0.2) is 9.97 Å². The highest BCUT2D eigenvalue weighted by Crippen LogP contribution is 2.26.